The number of aromatic nitrogens is 2. The van der Waals surface area contributed by atoms with Crippen LogP contribution in [0, 0.1) is 6.92 Å². The van der Waals surface area contributed by atoms with Crippen LogP contribution in [-0.4, -0.2) is 48.4 Å². The van der Waals surface area contributed by atoms with Crippen LogP contribution in [0.2, 0.25) is 0 Å². The normalized spacial score (nSPS) is 17.8. The van der Waals surface area contributed by atoms with Crippen LogP contribution in [0.5, 0.6) is 5.75 Å². The molecule has 5 heteroatoms. The van der Waals surface area contributed by atoms with Gasteiger partial charge in [-0.25, -0.2) is 0 Å². The average Bonchev–Trinajstić information content (AvgIpc) is 2.68. The van der Waals surface area contributed by atoms with Crippen molar-refractivity contribution in [3.05, 3.63) is 48.0 Å². The summed E-state index contributed by atoms with van der Waals surface area (Å²) in [6, 6.07) is 14.8. The molecule has 0 bridgehead atoms. The number of aryl methyl sites for hydroxylation is 1. The molecule has 2 heterocycles. The number of nitrogens with zero attached hydrogens (tertiary/aromatic N) is 3. The largest absolute Gasteiger partial charge is 0.497 e. The molecule has 1 aliphatic rings. The zero-order valence-corrected chi connectivity index (χ0v) is 16.2. The molecule has 1 aliphatic heterocycles. The first kappa shape index (κ1) is 17.7. The standard InChI is InChI=1S/C22H26N4O/c1-15-6-4-8-19-20(15)22(23-17-7-5-13-26(2)14-17)25-24-21(19)16-9-11-18(27-3)12-10-16/h4,6,8-12,17H,5,7,13-14H2,1-3H3,(H,23,25). The molecule has 0 aliphatic carbocycles. The van der Waals surface area contributed by atoms with Crippen LogP contribution in [0.3, 0.4) is 0 Å². The van der Waals surface area contributed by atoms with Gasteiger partial charge in [0.1, 0.15) is 11.4 Å². The van der Waals surface area contributed by atoms with E-state index < -0.39 is 0 Å². The summed E-state index contributed by atoms with van der Waals surface area (Å²) in [6.07, 6.45) is 2.38. The molecular weight excluding hydrogens is 336 g/mol. The van der Waals surface area contributed by atoms with E-state index in [-0.39, 0.29) is 0 Å². The zero-order chi connectivity index (χ0) is 18.8. The quantitative estimate of drug-likeness (QED) is 0.757. The van der Waals surface area contributed by atoms with E-state index in [0.717, 1.165) is 40.1 Å². The van der Waals surface area contributed by atoms with Gasteiger partial charge in [-0.3, -0.25) is 0 Å². The molecule has 1 atom stereocenters. The van der Waals surface area contributed by atoms with Crippen molar-refractivity contribution < 1.29 is 4.74 Å². The molecule has 1 N–H and O–H groups in total. The maximum atomic E-state index is 5.27. The Balaban J connectivity index is 1.76. The smallest absolute Gasteiger partial charge is 0.157 e. The number of nitrogens with one attached hydrogen (secondary N) is 1. The Labute approximate surface area is 160 Å². The van der Waals surface area contributed by atoms with Crippen LogP contribution in [0.4, 0.5) is 5.82 Å². The zero-order valence-electron chi connectivity index (χ0n) is 16.2. The van der Waals surface area contributed by atoms with Gasteiger partial charge in [0.2, 0.25) is 0 Å². The van der Waals surface area contributed by atoms with Gasteiger partial charge in [0, 0.05) is 28.9 Å². The highest BCUT2D eigenvalue weighted by Crippen LogP contribution is 2.33. The monoisotopic (exact) mass is 362 g/mol. The molecule has 1 saturated heterocycles. The van der Waals surface area contributed by atoms with Gasteiger partial charge in [0.25, 0.3) is 0 Å². The van der Waals surface area contributed by atoms with Gasteiger partial charge in [-0.05, 0) is 63.2 Å². The molecule has 1 unspecified atom stereocenters. The Kier molecular flexibility index (Phi) is 4.94. The number of ether oxygens (including phenoxy) is 1. The second-order valence-corrected chi connectivity index (χ2v) is 7.37. The molecule has 140 valence electrons. The molecule has 4 rings (SSSR count). The Morgan fingerprint density at radius 3 is 2.67 bits per heavy atom. The number of hydrogen-bond acceptors (Lipinski definition) is 5. The van der Waals surface area contributed by atoms with Crippen molar-refractivity contribution >= 4 is 16.6 Å². The van der Waals surface area contributed by atoms with Crippen LogP contribution >= 0.6 is 0 Å². The van der Waals surface area contributed by atoms with Gasteiger partial charge in [0.05, 0.1) is 7.11 Å². The molecule has 5 nitrogen and oxygen atoms in total. The lowest BCUT2D eigenvalue weighted by molar-refractivity contribution is 0.261. The molecule has 0 spiro atoms. The molecule has 0 saturated carbocycles. The fourth-order valence-electron chi connectivity index (χ4n) is 3.92. The van der Waals surface area contributed by atoms with Gasteiger partial charge in [-0.2, -0.15) is 0 Å². The van der Waals surface area contributed by atoms with Crippen LogP contribution < -0.4 is 10.1 Å². The highest BCUT2D eigenvalue weighted by atomic mass is 16.5. The maximum absolute atomic E-state index is 5.27. The van der Waals surface area contributed by atoms with Crippen molar-refractivity contribution in [3.63, 3.8) is 0 Å². The predicted octanol–water partition coefficient (Wildman–Crippen LogP) is 4.12. The number of likely N-dealkylation sites (N-methyl/N-ethyl adjacent to an activating group) is 1. The van der Waals surface area contributed by atoms with Gasteiger partial charge >= 0.3 is 0 Å². The van der Waals surface area contributed by atoms with E-state index in [2.05, 4.69) is 52.6 Å². The third-order valence-corrected chi connectivity index (χ3v) is 5.34. The molecule has 0 amide bonds. The fourth-order valence-corrected chi connectivity index (χ4v) is 3.92. The van der Waals surface area contributed by atoms with Crippen LogP contribution in [0.15, 0.2) is 42.5 Å². The van der Waals surface area contributed by atoms with Crippen molar-refractivity contribution in [2.75, 3.05) is 32.6 Å². The predicted molar refractivity (Wildman–Crippen MR) is 110 cm³/mol. The third kappa shape index (κ3) is 3.60. The Morgan fingerprint density at radius 1 is 1.11 bits per heavy atom. The Bertz CT molecular complexity index is 939. The summed E-state index contributed by atoms with van der Waals surface area (Å²) in [7, 11) is 3.85. The fraction of sp³-hybridized carbons (Fsp3) is 0.364. The summed E-state index contributed by atoms with van der Waals surface area (Å²) in [5, 5.41) is 15.1. The molecule has 3 aromatic rings. The first-order valence-electron chi connectivity index (χ1n) is 9.51. The van der Waals surface area contributed by atoms with E-state index in [0.29, 0.717) is 6.04 Å². The number of rotatable bonds is 4. The number of piperidine rings is 1. The molecular formula is C22H26N4O. The highest BCUT2D eigenvalue weighted by molar-refractivity contribution is 6.02. The number of anilines is 1. The number of likely N-dealkylation sites (tertiary alicyclic amines) is 1. The number of methoxy groups -OCH3 is 1. The highest BCUT2D eigenvalue weighted by Gasteiger charge is 2.20. The molecule has 0 radical (unpaired) electrons. The van der Waals surface area contributed by atoms with E-state index in [1.165, 1.54) is 24.9 Å². The SMILES string of the molecule is COc1ccc(-c2nnc(NC3CCCN(C)C3)c3c(C)cccc23)cc1. The minimum Gasteiger partial charge on any atom is -0.497 e. The molecule has 1 aromatic heterocycles. The molecule has 1 fully saturated rings. The Hall–Kier alpha value is -2.66. The second kappa shape index (κ2) is 7.53. The second-order valence-electron chi connectivity index (χ2n) is 7.37. The lowest BCUT2D eigenvalue weighted by atomic mass is 10.0. The summed E-state index contributed by atoms with van der Waals surface area (Å²) in [6.45, 7) is 4.34. The van der Waals surface area contributed by atoms with Gasteiger partial charge in [-0.1, -0.05) is 18.2 Å². The summed E-state index contributed by atoms with van der Waals surface area (Å²) in [5.41, 5.74) is 3.16. The number of hydrogen-bond donors (Lipinski definition) is 1. The van der Waals surface area contributed by atoms with Crippen LogP contribution in [-0.2, 0) is 0 Å². The van der Waals surface area contributed by atoms with Gasteiger partial charge in [-0.15, -0.1) is 10.2 Å². The molecule has 27 heavy (non-hydrogen) atoms. The summed E-state index contributed by atoms with van der Waals surface area (Å²) in [5.74, 6) is 1.73. The van der Waals surface area contributed by atoms with Gasteiger partial charge < -0.3 is 15.0 Å². The van der Waals surface area contributed by atoms with E-state index in [1.54, 1.807) is 7.11 Å². The summed E-state index contributed by atoms with van der Waals surface area (Å²) < 4.78 is 5.27. The van der Waals surface area contributed by atoms with Crippen LogP contribution in [0.25, 0.3) is 22.0 Å². The first-order valence-corrected chi connectivity index (χ1v) is 9.51. The minimum absolute atomic E-state index is 0.410. The van der Waals surface area contributed by atoms with Crippen molar-refractivity contribution in [1.82, 2.24) is 15.1 Å². The summed E-state index contributed by atoms with van der Waals surface area (Å²) in [4.78, 5) is 2.37. The molecule has 2 aromatic carbocycles. The van der Waals surface area contributed by atoms with E-state index in [1.807, 2.05) is 24.3 Å². The van der Waals surface area contributed by atoms with Crippen molar-refractivity contribution in [2.45, 2.75) is 25.8 Å². The lowest BCUT2D eigenvalue weighted by Gasteiger charge is -2.30. The number of fused-ring (bicyclic) bond motifs is 1. The average molecular weight is 362 g/mol. The minimum atomic E-state index is 0.410. The van der Waals surface area contributed by atoms with Gasteiger partial charge in [0.15, 0.2) is 5.82 Å². The van der Waals surface area contributed by atoms with E-state index in [9.17, 15) is 0 Å². The van der Waals surface area contributed by atoms with E-state index >= 15 is 0 Å². The first-order chi connectivity index (χ1) is 13.2. The lowest BCUT2D eigenvalue weighted by Crippen LogP contribution is -2.40. The van der Waals surface area contributed by atoms with Crippen molar-refractivity contribution in [2.24, 2.45) is 0 Å². The van der Waals surface area contributed by atoms with Crippen molar-refractivity contribution in [3.8, 4) is 17.0 Å². The Morgan fingerprint density at radius 2 is 1.93 bits per heavy atom. The number of benzene rings is 2. The van der Waals surface area contributed by atoms with E-state index in [4.69, 9.17) is 4.74 Å². The van der Waals surface area contributed by atoms with Crippen molar-refractivity contribution in [1.29, 1.82) is 0 Å². The maximum Gasteiger partial charge on any atom is 0.157 e. The summed E-state index contributed by atoms with van der Waals surface area (Å²) >= 11 is 0. The third-order valence-electron chi connectivity index (χ3n) is 5.34. The van der Waals surface area contributed by atoms with Crippen LogP contribution in [0.1, 0.15) is 18.4 Å². The topological polar surface area (TPSA) is 50.3 Å².